The van der Waals surface area contributed by atoms with E-state index in [1.54, 1.807) is 0 Å². The molecule has 1 saturated heterocycles. The van der Waals surface area contributed by atoms with E-state index < -0.39 is 30.1 Å². The molecule has 4 nitrogen and oxygen atoms in total. The van der Waals surface area contributed by atoms with Crippen molar-refractivity contribution in [1.29, 1.82) is 0 Å². The molecule has 1 aliphatic rings. The molecule has 0 bridgehead atoms. The van der Waals surface area contributed by atoms with Gasteiger partial charge in [0.05, 0.1) is 25.4 Å². The molecule has 0 aromatic heterocycles. The predicted molar refractivity (Wildman–Crippen MR) is 113 cm³/mol. The van der Waals surface area contributed by atoms with Crippen LogP contribution in [0.25, 0.3) is 0 Å². The lowest BCUT2D eigenvalue weighted by molar-refractivity contribution is -0.159. The van der Waals surface area contributed by atoms with E-state index >= 15 is 0 Å². The highest BCUT2D eigenvalue weighted by atomic mass is 19.4. The minimum Gasteiger partial charge on any atom is -0.496 e. The number of alkyl halides is 3. The first-order chi connectivity index (χ1) is 15.2. The van der Waals surface area contributed by atoms with Gasteiger partial charge in [-0.25, -0.2) is 4.39 Å². The topological polar surface area (TPSA) is 41.9 Å². The summed E-state index contributed by atoms with van der Waals surface area (Å²) in [6.07, 6.45) is -6.50. The second-order valence-electron chi connectivity index (χ2n) is 8.29. The third-order valence-corrected chi connectivity index (χ3v) is 5.81. The van der Waals surface area contributed by atoms with Crippen LogP contribution >= 0.6 is 0 Å². The number of hydrogen-bond donors (Lipinski definition) is 1. The molecule has 2 aromatic carbocycles. The summed E-state index contributed by atoms with van der Waals surface area (Å²) in [7, 11) is 1.43. The average Bonchev–Trinajstić information content (AvgIpc) is 2.74. The fourth-order valence-corrected chi connectivity index (χ4v) is 4.19. The molecule has 0 saturated carbocycles. The van der Waals surface area contributed by atoms with Gasteiger partial charge in [-0.2, -0.15) is 13.2 Å². The molecule has 2 aromatic rings. The van der Waals surface area contributed by atoms with E-state index in [0.29, 0.717) is 37.6 Å². The van der Waals surface area contributed by atoms with E-state index in [0.717, 1.165) is 5.56 Å². The van der Waals surface area contributed by atoms with Crippen molar-refractivity contribution in [2.45, 2.75) is 50.1 Å². The van der Waals surface area contributed by atoms with Crippen molar-refractivity contribution in [3.8, 4) is 5.75 Å². The van der Waals surface area contributed by atoms with E-state index in [-0.39, 0.29) is 19.3 Å². The third kappa shape index (κ3) is 6.92. The second kappa shape index (κ2) is 10.6. The number of hydrogen-bond acceptors (Lipinski definition) is 4. The minimum absolute atomic E-state index is 0.0738. The fourth-order valence-electron chi connectivity index (χ4n) is 4.19. The van der Waals surface area contributed by atoms with Gasteiger partial charge in [0.15, 0.2) is 0 Å². The zero-order valence-electron chi connectivity index (χ0n) is 18.1. The summed E-state index contributed by atoms with van der Waals surface area (Å²) in [5.74, 6) is -0.133. The number of aliphatic hydroxyl groups is 1. The summed E-state index contributed by atoms with van der Waals surface area (Å²) in [6.45, 7) is 1.99. The molecular weight excluding hydrogens is 426 g/mol. The molecule has 1 fully saturated rings. The summed E-state index contributed by atoms with van der Waals surface area (Å²) in [4.78, 5) is 2.11. The van der Waals surface area contributed by atoms with Crippen LogP contribution in [0.5, 0.6) is 5.75 Å². The first-order valence-electron chi connectivity index (χ1n) is 10.7. The van der Waals surface area contributed by atoms with Gasteiger partial charge in [0, 0.05) is 32.5 Å². The number of rotatable bonds is 9. The summed E-state index contributed by atoms with van der Waals surface area (Å²) in [5, 5.41) is 11.6. The molecule has 0 amide bonds. The maximum atomic E-state index is 13.9. The molecular formula is C24H29F4NO3. The zero-order valence-corrected chi connectivity index (χ0v) is 18.1. The number of nitrogens with zero attached hydrogens (tertiary/aromatic N) is 1. The maximum absolute atomic E-state index is 13.9. The minimum atomic E-state index is -4.32. The van der Waals surface area contributed by atoms with Crippen LogP contribution in [0.3, 0.4) is 0 Å². The molecule has 176 valence electrons. The van der Waals surface area contributed by atoms with Crippen LogP contribution in [0.1, 0.15) is 30.4 Å². The highest BCUT2D eigenvalue weighted by Gasteiger charge is 2.42. The van der Waals surface area contributed by atoms with Crippen molar-refractivity contribution in [3.63, 3.8) is 0 Å². The Morgan fingerprint density at radius 2 is 1.88 bits per heavy atom. The largest absolute Gasteiger partial charge is 0.496 e. The van der Waals surface area contributed by atoms with E-state index in [4.69, 9.17) is 9.47 Å². The zero-order chi connectivity index (χ0) is 23.2. The van der Waals surface area contributed by atoms with E-state index in [1.807, 2.05) is 30.3 Å². The molecule has 2 unspecified atom stereocenters. The highest BCUT2D eigenvalue weighted by Crippen LogP contribution is 2.34. The molecule has 2 atom stereocenters. The van der Waals surface area contributed by atoms with Crippen molar-refractivity contribution >= 4 is 0 Å². The summed E-state index contributed by atoms with van der Waals surface area (Å²) in [6, 6.07) is 13.7. The average molecular weight is 455 g/mol. The lowest BCUT2D eigenvalue weighted by Gasteiger charge is -2.42. The van der Waals surface area contributed by atoms with Crippen molar-refractivity contribution in [2.24, 2.45) is 0 Å². The summed E-state index contributed by atoms with van der Waals surface area (Å²) < 4.78 is 63.4. The molecule has 1 heterocycles. The molecule has 0 spiro atoms. The Kier molecular flexibility index (Phi) is 8.14. The van der Waals surface area contributed by atoms with Gasteiger partial charge in [0.2, 0.25) is 0 Å². The lowest BCUT2D eigenvalue weighted by atomic mass is 9.83. The molecule has 1 aliphatic heterocycles. The Labute approximate surface area is 185 Å². The van der Waals surface area contributed by atoms with Crippen LogP contribution in [0.2, 0.25) is 0 Å². The van der Waals surface area contributed by atoms with Gasteiger partial charge < -0.3 is 14.6 Å². The van der Waals surface area contributed by atoms with Gasteiger partial charge in [0.1, 0.15) is 11.6 Å². The molecule has 32 heavy (non-hydrogen) atoms. The van der Waals surface area contributed by atoms with Crippen LogP contribution in [-0.4, -0.2) is 54.7 Å². The Hall–Kier alpha value is -2.16. The Morgan fingerprint density at radius 3 is 2.56 bits per heavy atom. The number of morpholine rings is 1. The van der Waals surface area contributed by atoms with Crippen LogP contribution in [0.4, 0.5) is 17.6 Å². The van der Waals surface area contributed by atoms with Crippen LogP contribution < -0.4 is 4.74 Å². The van der Waals surface area contributed by atoms with Crippen LogP contribution in [0.15, 0.2) is 48.5 Å². The molecule has 0 radical (unpaired) electrons. The number of methoxy groups -OCH3 is 1. The summed E-state index contributed by atoms with van der Waals surface area (Å²) in [5.41, 5.74) is -0.117. The second-order valence-corrected chi connectivity index (χ2v) is 8.29. The number of ether oxygens (including phenoxy) is 2. The Balaban J connectivity index is 1.80. The molecule has 8 heteroatoms. The van der Waals surface area contributed by atoms with Crippen molar-refractivity contribution in [2.75, 3.05) is 26.8 Å². The van der Waals surface area contributed by atoms with Gasteiger partial charge in [-0.05, 0) is 42.2 Å². The van der Waals surface area contributed by atoms with E-state index in [2.05, 4.69) is 4.90 Å². The third-order valence-electron chi connectivity index (χ3n) is 5.81. The highest BCUT2D eigenvalue weighted by molar-refractivity contribution is 5.35. The Morgan fingerprint density at radius 1 is 1.12 bits per heavy atom. The SMILES string of the molecule is COc1ccc(F)cc1CC(O)(CCCC(F)(F)F)C1CN(Cc2ccccc2)CCO1. The first kappa shape index (κ1) is 24.5. The van der Waals surface area contributed by atoms with Gasteiger partial charge in [-0.15, -0.1) is 0 Å². The lowest BCUT2D eigenvalue weighted by Crippen LogP contribution is -2.55. The van der Waals surface area contributed by atoms with Gasteiger partial charge in [-0.1, -0.05) is 30.3 Å². The first-order valence-corrected chi connectivity index (χ1v) is 10.7. The van der Waals surface area contributed by atoms with Crippen molar-refractivity contribution in [1.82, 2.24) is 4.90 Å². The smallest absolute Gasteiger partial charge is 0.389 e. The van der Waals surface area contributed by atoms with Gasteiger partial charge in [-0.3, -0.25) is 4.90 Å². The molecule has 0 aliphatic carbocycles. The summed E-state index contributed by atoms with van der Waals surface area (Å²) >= 11 is 0. The van der Waals surface area contributed by atoms with E-state index in [9.17, 15) is 22.7 Å². The fraction of sp³-hybridized carbons (Fsp3) is 0.500. The number of halogens is 4. The standard InChI is InChI=1S/C24H29F4NO3/c1-31-21-9-8-20(25)14-19(21)15-23(30,10-5-11-24(26,27)28)22-17-29(12-13-32-22)16-18-6-3-2-4-7-18/h2-4,6-9,14,22,30H,5,10-13,15-17H2,1H3. The van der Waals surface area contributed by atoms with Gasteiger partial charge in [0.25, 0.3) is 0 Å². The van der Waals surface area contributed by atoms with Crippen molar-refractivity contribution < 1.29 is 32.1 Å². The van der Waals surface area contributed by atoms with Crippen LogP contribution in [-0.2, 0) is 17.7 Å². The quantitative estimate of drug-likeness (QED) is 0.555. The predicted octanol–water partition coefficient (Wildman–Crippen LogP) is 4.74. The van der Waals surface area contributed by atoms with E-state index in [1.165, 1.54) is 25.3 Å². The van der Waals surface area contributed by atoms with Crippen LogP contribution in [0, 0.1) is 5.82 Å². The maximum Gasteiger partial charge on any atom is 0.389 e. The Bertz CT molecular complexity index is 862. The normalized spacial score (nSPS) is 19.5. The van der Waals surface area contributed by atoms with Gasteiger partial charge >= 0.3 is 6.18 Å². The molecule has 1 N–H and O–H groups in total. The monoisotopic (exact) mass is 455 g/mol. The number of benzene rings is 2. The van der Waals surface area contributed by atoms with Crippen molar-refractivity contribution in [3.05, 3.63) is 65.5 Å². The molecule has 3 rings (SSSR count).